The molecule has 1 saturated carbocycles. The second-order valence-corrected chi connectivity index (χ2v) is 5.24. The first-order chi connectivity index (χ1) is 8.60. The third kappa shape index (κ3) is 3.07. The smallest absolute Gasteiger partial charge is 0.123 e. The Hall–Kier alpha value is -0.970. The van der Waals surface area contributed by atoms with Crippen LogP contribution in [0.2, 0.25) is 0 Å². The zero-order valence-electron chi connectivity index (χ0n) is 10.7. The summed E-state index contributed by atoms with van der Waals surface area (Å²) in [6.07, 6.45) is 1.60. The second-order valence-electron chi connectivity index (χ2n) is 5.24. The van der Waals surface area contributed by atoms with Crippen molar-refractivity contribution in [3.8, 4) is 0 Å². The fourth-order valence-corrected chi connectivity index (χ4v) is 2.67. The molecule has 1 aliphatic carbocycles. The number of likely N-dealkylation sites (N-methyl/N-ethyl adjacent to an activating group) is 1. The van der Waals surface area contributed by atoms with E-state index >= 15 is 0 Å². The van der Waals surface area contributed by atoms with Gasteiger partial charge in [0.2, 0.25) is 0 Å². The van der Waals surface area contributed by atoms with Crippen molar-refractivity contribution in [2.45, 2.75) is 25.0 Å². The van der Waals surface area contributed by atoms with Crippen molar-refractivity contribution in [3.63, 3.8) is 0 Å². The van der Waals surface area contributed by atoms with Gasteiger partial charge in [0.25, 0.3) is 0 Å². The molecule has 1 atom stereocenters. The number of halogens is 1. The highest BCUT2D eigenvalue weighted by molar-refractivity contribution is 5.20. The number of nitrogens with two attached hydrogens (primary N) is 1. The first kappa shape index (κ1) is 13.5. The van der Waals surface area contributed by atoms with Gasteiger partial charge in [-0.1, -0.05) is 12.1 Å². The Kier molecular flexibility index (Phi) is 4.32. The lowest BCUT2D eigenvalue weighted by molar-refractivity contribution is 0.0224. The first-order valence-electron chi connectivity index (χ1n) is 6.44. The summed E-state index contributed by atoms with van der Waals surface area (Å²) in [5, 5.41) is 9.29. The Morgan fingerprint density at radius 3 is 2.78 bits per heavy atom. The molecule has 1 unspecified atom stereocenters. The third-order valence-electron chi connectivity index (χ3n) is 3.75. The highest BCUT2D eigenvalue weighted by Gasteiger charge is 2.29. The molecule has 0 spiro atoms. The van der Waals surface area contributed by atoms with Crippen LogP contribution in [0.4, 0.5) is 4.39 Å². The normalized spacial score (nSPS) is 24.9. The topological polar surface area (TPSA) is 49.5 Å². The number of aliphatic hydroxyl groups is 1. The van der Waals surface area contributed by atoms with Crippen LogP contribution < -0.4 is 5.73 Å². The monoisotopic (exact) mass is 252 g/mol. The lowest BCUT2D eigenvalue weighted by Gasteiger charge is -2.37. The Balaban J connectivity index is 1.99. The van der Waals surface area contributed by atoms with Crippen molar-refractivity contribution in [2.24, 2.45) is 11.7 Å². The summed E-state index contributed by atoms with van der Waals surface area (Å²) in [6.45, 7) is 1.37. The minimum atomic E-state index is -0.224. The van der Waals surface area contributed by atoms with Gasteiger partial charge in [-0.3, -0.25) is 4.90 Å². The Labute approximate surface area is 107 Å². The van der Waals surface area contributed by atoms with E-state index in [-0.39, 0.29) is 18.0 Å². The Morgan fingerprint density at radius 1 is 1.50 bits per heavy atom. The Morgan fingerprint density at radius 2 is 2.22 bits per heavy atom. The summed E-state index contributed by atoms with van der Waals surface area (Å²) < 4.78 is 13.2. The minimum Gasteiger partial charge on any atom is -0.393 e. The first-order valence-corrected chi connectivity index (χ1v) is 6.44. The number of benzene rings is 1. The van der Waals surface area contributed by atoms with E-state index in [1.807, 2.05) is 13.1 Å². The van der Waals surface area contributed by atoms with E-state index in [2.05, 4.69) is 4.90 Å². The summed E-state index contributed by atoms with van der Waals surface area (Å²) in [4.78, 5) is 2.16. The van der Waals surface area contributed by atoms with Gasteiger partial charge in [-0.15, -0.1) is 0 Å². The van der Waals surface area contributed by atoms with Crippen LogP contribution in [-0.4, -0.2) is 36.2 Å². The molecular weight excluding hydrogens is 231 g/mol. The van der Waals surface area contributed by atoms with Crippen molar-refractivity contribution in [3.05, 3.63) is 35.6 Å². The van der Waals surface area contributed by atoms with E-state index < -0.39 is 0 Å². The fourth-order valence-electron chi connectivity index (χ4n) is 2.67. The van der Waals surface area contributed by atoms with Crippen LogP contribution in [0.25, 0.3) is 0 Å². The molecule has 1 aliphatic rings. The van der Waals surface area contributed by atoms with Gasteiger partial charge in [-0.05, 0) is 43.5 Å². The molecule has 3 N–H and O–H groups in total. The van der Waals surface area contributed by atoms with Crippen LogP contribution in [0.3, 0.4) is 0 Å². The van der Waals surface area contributed by atoms with Gasteiger partial charge >= 0.3 is 0 Å². The van der Waals surface area contributed by atoms with E-state index in [0.29, 0.717) is 12.5 Å². The quantitative estimate of drug-likeness (QED) is 0.835. The molecule has 0 amide bonds. The number of rotatable bonds is 5. The standard InChI is InChI=1S/C14H21FN2O/c1-17(9-10-5-13(18)6-10)14(8-16)11-3-2-4-12(15)7-11/h2-4,7,10,13-14,18H,5-6,8-9,16H2,1H3. The summed E-state index contributed by atoms with van der Waals surface area (Å²) in [6, 6.07) is 6.66. The van der Waals surface area contributed by atoms with E-state index in [9.17, 15) is 9.50 Å². The van der Waals surface area contributed by atoms with Gasteiger partial charge in [0, 0.05) is 19.1 Å². The second kappa shape index (κ2) is 5.78. The molecule has 0 heterocycles. The highest BCUT2D eigenvalue weighted by atomic mass is 19.1. The average molecular weight is 252 g/mol. The summed E-state index contributed by atoms with van der Waals surface area (Å²) in [7, 11) is 2.01. The van der Waals surface area contributed by atoms with Gasteiger partial charge in [-0.2, -0.15) is 0 Å². The predicted molar refractivity (Wildman–Crippen MR) is 69.6 cm³/mol. The van der Waals surface area contributed by atoms with E-state index in [0.717, 1.165) is 24.9 Å². The minimum absolute atomic E-state index is 0.0402. The number of nitrogens with zero attached hydrogens (tertiary/aromatic N) is 1. The van der Waals surface area contributed by atoms with Crippen LogP contribution in [0.5, 0.6) is 0 Å². The lowest BCUT2D eigenvalue weighted by Crippen LogP contribution is -2.40. The molecule has 0 radical (unpaired) electrons. The largest absolute Gasteiger partial charge is 0.393 e. The molecule has 3 nitrogen and oxygen atoms in total. The van der Waals surface area contributed by atoms with Crippen molar-refractivity contribution < 1.29 is 9.50 Å². The molecule has 0 aromatic heterocycles. The highest BCUT2D eigenvalue weighted by Crippen LogP contribution is 2.30. The van der Waals surface area contributed by atoms with Gasteiger partial charge in [0.15, 0.2) is 0 Å². The van der Waals surface area contributed by atoms with Gasteiger partial charge in [-0.25, -0.2) is 4.39 Å². The molecule has 0 saturated heterocycles. The van der Waals surface area contributed by atoms with Crippen LogP contribution in [0.15, 0.2) is 24.3 Å². The molecule has 0 aliphatic heterocycles. The van der Waals surface area contributed by atoms with Gasteiger partial charge in [0.05, 0.1) is 6.10 Å². The number of aliphatic hydroxyl groups excluding tert-OH is 1. The summed E-state index contributed by atoms with van der Waals surface area (Å²) in [5.41, 5.74) is 6.72. The van der Waals surface area contributed by atoms with Gasteiger partial charge < -0.3 is 10.8 Å². The molecule has 2 rings (SSSR count). The van der Waals surface area contributed by atoms with E-state index in [1.165, 1.54) is 6.07 Å². The summed E-state index contributed by atoms with van der Waals surface area (Å²) in [5.74, 6) is 0.311. The Bertz CT molecular complexity index is 393. The maximum Gasteiger partial charge on any atom is 0.123 e. The van der Waals surface area contributed by atoms with Gasteiger partial charge in [0.1, 0.15) is 5.82 Å². The van der Waals surface area contributed by atoms with Crippen LogP contribution in [0, 0.1) is 11.7 Å². The summed E-state index contributed by atoms with van der Waals surface area (Å²) >= 11 is 0. The molecule has 18 heavy (non-hydrogen) atoms. The van der Waals surface area contributed by atoms with Crippen LogP contribution in [-0.2, 0) is 0 Å². The maximum atomic E-state index is 13.2. The molecule has 1 aromatic carbocycles. The molecule has 1 aromatic rings. The van der Waals surface area contributed by atoms with Crippen LogP contribution in [0.1, 0.15) is 24.4 Å². The van der Waals surface area contributed by atoms with Crippen molar-refractivity contribution in [1.29, 1.82) is 0 Å². The molecule has 1 fully saturated rings. The van der Waals surface area contributed by atoms with Crippen molar-refractivity contribution in [1.82, 2.24) is 4.90 Å². The SMILES string of the molecule is CN(CC1CC(O)C1)C(CN)c1cccc(F)c1. The van der Waals surface area contributed by atoms with Crippen LogP contribution >= 0.6 is 0 Å². The van der Waals surface area contributed by atoms with Crippen molar-refractivity contribution >= 4 is 0 Å². The third-order valence-corrected chi connectivity index (χ3v) is 3.75. The average Bonchev–Trinajstić information content (AvgIpc) is 2.28. The number of hydrogen-bond acceptors (Lipinski definition) is 3. The predicted octanol–water partition coefficient (Wildman–Crippen LogP) is 1.53. The maximum absolute atomic E-state index is 13.2. The molecule has 0 bridgehead atoms. The molecule has 100 valence electrons. The van der Waals surface area contributed by atoms with E-state index in [4.69, 9.17) is 5.73 Å². The van der Waals surface area contributed by atoms with Crippen molar-refractivity contribution in [2.75, 3.05) is 20.1 Å². The molecule has 4 heteroatoms. The van der Waals surface area contributed by atoms with E-state index in [1.54, 1.807) is 12.1 Å². The zero-order chi connectivity index (χ0) is 13.1. The zero-order valence-corrected chi connectivity index (χ0v) is 10.7. The number of hydrogen-bond donors (Lipinski definition) is 2. The fraction of sp³-hybridized carbons (Fsp3) is 0.571. The lowest BCUT2D eigenvalue weighted by atomic mass is 9.82. The molecular formula is C14H21FN2O.